The number of aromatic nitrogens is 2. The molecule has 34 heavy (non-hydrogen) atoms. The van der Waals surface area contributed by atoms with Crippen LogP contribution in [0, 0.1) is 0 Å². The summed E-state index contributed by atoms with van der Waals surface area (Å²) in [5.74, 6) is 1.70. The van der Waals surface area contributed by atoms with Gasteiger partial charge in [-0.15, -0.1) is 10.2 Å². The maximum absolute atomic E-state index is 9.78. The predicted octanol–water partition coefficient (Wildman–Crippen LogP) is 7.22. The van der Waals surface area contributed by atoms with Gasteiger partial charge in [-0.3, -0.25) is 0 Å². The molecule has 5 aromatic rings. The molecule has 166 valence electrons. The Bertz CT molecular complexity index is 1490. The maximum atomic E-state index is 9.78. The lowest BCUT2D eigenvalue weighted by Crippen LogP contribution is -2.10. The van der Waals surface area contributed by atoms with Crippen molar-refractivity contribution < 1.29 is 9.52 Å². The summed E-state index contributed by atoms with van der Waals surface area (Å²) in [6.07, 6.45) is 0.966. The van der Waals surface area contributed by atoms with E-state index in [1.807, 2.05) is 12.1 Å². The normalized spacial score (nSPS) is 17.0. The fourth-order valence-electron chi connectivity index (χ4n) is 5.14. The quantitative estimate of drug-likeness (QED) is 0.319. The van der Waals surface area contributed by atoms with Crippen molar-refractivity contribution >= 4 is 0 Å². The minimum atomic E-state index is 0.169. The molecule has 1 aromatic heterocycles. The first-order chi connectivity index (χ1) is 16.7. The summed E-state index contributed by atoms with van der Waals surface area (Å²) < 4.78 is 5.98. The molecule has 4 aromatic carbocycles. The van der Waals surface area contributed by atoms with Gasteiger partial charge in [0, 0.05) is 11.1 Å². The number of fused-ring (bicyclic) bond motifs is 3. The number of phenolic OH excluding ortho intramolecular Hbond substituents is 1. The van der Waals surface area contributed by atoms with Gasteiger partial charge in [0.15, 0.2) is 0 Å². The molecular weight excluding hydrogens is 420 g/mol. The summed E-state index contributed by atoms with van der Waals surface area (Å²) in [6, 6.07) is 32.8. The van der Waals surface area contributed by atoms with Crippen LogP contribution >= 0.6 is 0 Å². The Morgan fingerprint density at radius 2 is 1.41 bits per heavy atom. The smallest absolute Gasteiger partial charge is 0.248 e. The monoisotopic (exact) mass is 444 g/mol. The second-order valence-corrected chi connectivity index (χ2v) is 8.93. The summed E-state index contributed by atoms with van der Waals surface area (Å²) in [5.41, 5.74) is 8.27. The zero-order valence-electron chi connectivity index (χ0n) is 18.8. The molecule has 0 amide bonds. The molecule has 1 aliphatic rings. The summed E-state index contributed by atoms with van der Waals surface area (Å²) >= 11 is 0. The van der Waals surface area contributed by atoms with Crippen molar-refractivity contribution in [2.45, 2.75) is 25.2 Å². The fourth-order valence-corrected chi connectivity index (χ4v) is 5.14. The van der Waals surface area contributed by atoms with Crippen LogP contribution in [-0.2, 0) is 6.42 Å². The van der Waals surface area contributed by atoms with Gasteiger partial charge >= 0.3 is 0 Å². The van der Waals surface area contributed by atoms with Crippen LogP contribution in [0.25, 0.3) is 34.0 Å². The van der Waals surface area contributed by atoms with E-state index >= 15 is 0 Å². The highest BCUT2D eigenvalue weighted by atomic mass is 16.4. The Balaban J connectivity index is 1.39. The van der Waals surface area contributed by atoms with E-state index in [1.165, 1.54) is 27.8 Å². The molecule has 1 aliphatic carbocycles. The van der Waals surface area contributed by atoms with Gasteiger partial charge in [0.2, 0.25) is 11.8 Å². The molecule has 2 unspecified atom stereocenters. The third kappa shape index (κ3) is 3.57. The van der Waals surface area contributed by atoms with Crippen molar-refractivity contribution in [2.75, 3.05) is 0 Å². The van der Waals surface area contributed by atoms with Crippen molar-refractivity contribution in [3.63, 3.8) is 0 Å². The third-order valence-electron chi connectivity index (χ3n) is 6.88. The third-order valence-corrected chi connectivity index (χ3v) is 6.88. The van der Waals surface area contributed by atoms with E-state index in [9.17, 15) is 5.11 Å². The predicted molar refractivity (Wildman–Crippen MR) is 134 cm³/mol. The van der Waals surface area contributed by atoms with Crippen LogP contribution in [0.5, 0.6) is 5.75 Å². The Kier molecular flexibility index (Phi) is 4.99. The van der Waals surface area contributed by atoms with Gasteiger partial charge in [-0.1, -0.05) is 73.7 Å². The molecule has 0 saturated carbocycles. The molecule has 0 spiro atoms. The van der Waals surface area contributed by atoms with E-state index in [0.717, 1.165) is 12.0 Å². The molecule has 0 radical (unpaired) electrons. The lowest BCUT2D eigenvalue weighted by molar-refractivity contribution is 0.475. The van der Waals surface area contributed by atoms with Crippen LogP contribution in [0.2, 0.25) is 0 Å². The van der Waals surface area contributed by atoms with Crippen molar-refractivity contribution in [1.29, 1.82) is 0 Å². The first-order valence-electron chi connectivity index (χ1n) is 11.6. The highest BCUT2D eigenvalue weighted by Gasteiger charge is 2.28. The number of benzene rings is 4. The Labute approximate surface area is 198 Å². The Hall–Kier alpha value is -4.18. The number of rotatable bonds is 3. The van der Waals surface area contributed by atoms with Gasteiger partial charge in [-0.25, -0.2) is 0 Å². The van der Waals surface area contributed by atoms with E-state index in [1.54, 1.807) is 18.2 Å². The zero-order chi connectivity index (χ0) is 23.1. The second-order valence-electron chi connectivity index (χ2n) is 8.93. The lowest BCUT2D eigenvalue weighted by Gasteiger charge is -2.24. The highest BCUT2D eigenvalue weighted by molar-refractivity contribution is 5.73. The largest absolute Gasteiger partial charge is 0.508 e. The van der Waals surface area contributed by atoms with E-state index < -0.39 is 0 Å². The van der Waals surface area contributed by atoms with Crippen molar-refractivity contribution in [2.24, 2.45) is 0 Å². The summed E-state index contributed by atoms with van der Waals surface area (Å²) in [7, 11) is 0. The number of phenols is 1. The fraction of sp³-hybridized carbons (Fsp3) is 0.133. The number of hydrogen-bond acceptors (Lipinski definition) is 4. The SMILES string of the molecule is CC1c2ccccc2-c2ccccc2CC1c1cccc(-c2nnc(-c3cccc(O)c3)o2)c1. The number of aromatic hydroxyl groups is 1. The molecule has 2 atom stereocenters. The number of hydrogen-bond donors (Lipinski definition) is 1. The van der Waals surface area contributed by atoms with E-state index in [0.29, 0.717) is 29.2 Å². The Morgan fingerprint density at radius 3 is 2.21 bits per heavy atom. The van der Waals surface area contributed by atoms with Gasteiger partial charge < -0.3 is 9.52 Å². The van der Waals surface area contributed by atoms with Crippen molar-refractivity contribution in [3.8, 4) is 39.8 Å². The molecule has 0 aliphatic heterocycles. The average molecular weight is 445 g/mol. The standard InChI is InChI=1S/C30H24N2O2/c1-19-25-13-4-5-15-27(25)26-14-3-2-8-21(26)18-28(19)20-9-6-10-22(16-20)29-31-32-30(34-29)23-11-7-12-24(33)17-23/h2-17,19,28,33H,18H2,1H3. The molecule has 0 bridgehead atoms. The summed E-state index contributed by atoms with van der Waals surface area (Å²) in [5, 5.41) is 18.3. The molecule has 1 N–H and O–H groups in total. The summed E-state index contributed by atoms with van der Waals surface area (Å²) in [4.78, 5) is 0. The second kappa shape index (κ2) is 8.31. The molecule has 0 fully saturated rings. The van der Waals surface area contributed by atoms with Crippen LogP contribution in [0.1, 0.15) is 35.4 Å². The molecule has 6 rings (SSSR count). The lowest BCUT2D eigenvalue weighted by atomic mass is 9.80. The van der Waals surface area contributed by atoms with Crippen LogP contribution in [0.4, 0.5) is 0 Å². The molecular formula is C30H24N2O2. The topological polar surface area (TPSA) is 59.2 Å². The van der Waals surface area contributed by atoms with Crippen LogP contribution in [0.3, 0.4) is 0 Å². The van der Waals surface area contributed by atoms with Crippen molar-refractivity contribution in [3.05, 3.63) is 114 Å². The zero-order valence-corrected chi connectivity index (χ0v) is 18.8. The van der Waals surface area contributed by atoms with Gasteiger partial charge in [0.25, 0.3) is 0 Å². The van der Waals surface area contributed by atoms with Crippen molar-refractivity contribution in [1.82, 2.24) is 10.2 Å². The van der Waals surface area contributed by atoms with Crippen LogP contribution in [-0.4, -0.2) is 15.3 Å². The van der Waals surface area contributed by atoms with E-state index in [2.05, 4.69) is 83.9 Å². The minimum Gasteiger partial charge on any atom is -0.508 e. The van der Waals surface area contributed by atoms with Crippen LogP contribution < -0.4 is 0 Å². The number of nitrogens with zero attached hydrogens (tertiary/aromatic N) is 2. The summed E-state index contributed by atoms with van der Waals surface area (Å²) in [6.45, 7) is 2.33. The molecule has 4 nitrogen and oxygen atoms in total. The van der Waals surface area contributed by atoms with Gasteiger partial charge in [0.1, 0.15) is 5.75 Å². The van der Waals surface area contributed by atoms with Gasteiger partial charge in [-0.2, -0.15) is 0 Å². The average Bonchev–Trinajstić information content (AvgIpc) is 3.33. The Morgan fingerprint density at radius 1 is 0.735 bits per heavy atom. The highest BCUT2D eigenvalue weighted by Crippen LogP contribution is 2.45. The molecule has 0 saturated heterocycles. The van der Waals surface area contributed by atoms with E-state index in [-0.39, 0.29) is 5.75 Å². The minimum absolute atomic E-state index is 0.169. The van der Waals surface area contributed by atoms with Crippen LogP contribution in [0.15, 0.2) is 101 Å². The maximum Gasteiger partial charge on any atom is 0.248 e. The van der Waals surface area contributed by atoms with E-state index in [4.69, 9.17) is 4.42 Å². The van der Waals surface area contributed by atoms with Gasteiger partial charge in [0.05, 0.1) is 0 Å². The molecule has 4 heteroatoms. The van der Waals surface area contributed by atoms with Gasteiger partial charge in [-0.05, 0) is 76.4 Å². The first kappa shape index (κ1) is 20.4. The first-order valence-corrected chi connectivity index (χ1v) is 11.6. The molecule has 1 heterocycles.